The normalized spacial score (nSPS) is 21.9. The van der Waals surface area contributed by atoms with Gasteiger partial charge in [-0.05, 0) is 44.7 Å². The zero-order valence-electron chi connectivity index (χ0n) is 10.4. The molecule has 1 aliphatic rings. The first kappa shape index (κ1) is 13.5. The lowest BCUT2D eigenvalue weighted by Gasteiger charge is -2.24. The van der Waals surface area contributed by atoms with Crippen molar-refractivity contribution in [2.75, 3.05) is 13.1 Å². The van der Waals surface area contributed by atoms with Crippen LogP contribution in [0.4, 0.5) is 0 Å². The highest BCUT2D eigenvalue weighted by atomic mass is 16.5. The second kappa shape index (κ2) is 6.86. The summed E-state index contributed by atoms with van der Waals surface area (Å²) in [5.41, 5.74) is 0. The molecule has 0 aromatic carbocycles. The summed E-state index contributed by atoms with van der Waals surface area (Å²) in [6, 6.07) is 0.00895. The Hall–Kier alpha value is -0.610. The molecule has 0 aliphatic carbocycles. The number of hydrogen-bond donors (Lipinski definition) is 2. The summed E-state index contributed by atoms with van der Waals surface area (Å²) in [6.07, 6.45) is 4.08. The number of amides is 1. The van der Waals surface area contributed by atoms with Gasteiger partial charge in [0.15, 0.2) is 0 Å². The Morgan fingerprint density at radius 1 is 1.44 bits per heavy atom. The second-order valence-electron chi connectivity index (χ2n) is 5.01. The maximum atomic E-state index is 11.7. The van der Waals surface area contributed by atoms with Gasteiger partial charge in [-0.15, -0.1) is 0 Å². The number of nitrogens with one attached hydrogen (secondary N) is 1. The molecule has 94 valence electrons. The standard InChI is InChI=1S/C12H24N2O2/c1-10(2)5-6-12(15)14(16)11-4-3-8-13-9-7-11/h10-11,13,16H,3-9H2,1-2H3. The minimum absolute atomic E-state index is 0.00895. The molecular formula is C12H24N2O2. The second-order valence-corrected chi connectivity index (χ2v) is 5.01. The highest BCUT2D eigenvalue weighted by Gasteiger charge is 2.22. The van der Waals surface area contributed by atoms with Gasteiger partial charge >= 0.3 is 0 Å². The number of rotatable bonds is 4. The predicted molar refractivity (Wildman–Crippen MR) is 63.2 cm³/mol. The molecule has 1 unspecified atom stereocenters. The number of carbonyl (C=O) groups is 1. The summed E-state index contributed by atoms with van der Waals surface area (Å²) in [5, 5.41) is 14.1. The van der Waals surface area contributed by atoms with Crippen molar-refractivity contribution in [3.8, 4) is 0 Å². The molecule has 1 heterocycles. The summed E-state index contributed by atoms with van der Waals surface area (Å²) >= 11 is 0. The van der Waals surface area contributed by atoms with Gasteiger partial charge in [-0.25, -0.2) is 5.06 Å². The van der Waals surface area contributed by atoms with Crippen LogP contribution in [0, 0.1) is 5.92 Å². The van der Waals surface area contributed by atoms with Gasteiger partial charge in [0.05, 0.1) is 6.04 Å². The van der Waals surface area contributed by atoms with Crippen molar-refractivity contribution in [2.45, 2.75) is 52.0 Å². The molecule has 0 bridgehead atoms. The van der Waals surface area contributed by atoms with Crippen LogP contribution >= 0.6 is 0 Å². The molecule has 0 radical (unpaired) electrons. The van der Waals surface area contributed by atoms with E-state index in [4.69, 9.17) is 0 Å². The van der Waals surface area contributed by atoms with E-state index >= 15 is 0 Å². The first-order valence-corrected chi connectivity index (χ1v) is 6.33. The lowest BCUT2D eigenvalue weighted by atomic mass is 10.1. The van der Waals surface area contributed by atoms with Gasteiger partial charge in [-0.1, -0.05) is 13.8 Å². The van der Waals surface area contributed by atoms with Crippen molar-refractivity contribution in [2.24, 2.45) is 5.92 Å². The van der Waals surface area contributed by atoms with Gasteiger partial charge in [0.1, 0.15) is 0 Å². The molecule has 2 N–H and O–H groups in total. The highest BCUT2D eigenvalue weighted by molar-refractivity contribution is 5.75. The Morgan fingerprint density at radius 3 is 2.88 bits per heavy atom. The zero-order chi connectivity index (χ0) is 12.0. The summed E-state index contributed by atoms with van der Waals surface area (Å²) in [4.78, 5) is 11.7. The van der Waals surface area contributed by atoms with Gasteiger partial charge in [0.2, 0.25) is 5.91 Å². The number of hydrogen-bond acceptors (Lipinski definition) is 3. The van der Waals surface area contributed by atoms with Gasteiger partial charge in [-0.2, -0.15) is 0 Å². The smallest absolute Gasteiger partial charge is 0.246 e. The molecule has 1 amide bonds. The van der Waals surface area contributed by atoms with E-state index in [9.17, 15) is 10.0 Å². The third-order valence-corrected chi connectivity index (χ3v) is 3.08. The summed E-state index contributed by atoms with van der Waals surface area (Å²) in [6.45, 7) is 6.05. The van der Waals surface area contributed by atoms with E-state index in [1.165, 1.54) is 0 Å². The summed E-state index contributed by atoms with van der Waals surface area (Å²) in [5.74, 6) is 0.383. The Balaban J connectivity index is 2.35. The fourth-order valence-electron chi connectivity index (χ4n) is 1.98. The van der Waals surface area contributed by atoms with E-state index in [0.29, 0.717) is 12.3 Å². The maximum Gasteiger partial charge on any atom is 0.246 e. The fraction of sp³-hybridized carbons (Fsp3) is 0.917. The number of nitrogens with zero attached hydrogens (tertiary/aromatic N) is 1. The largest absolute Gasteiger partial charge is 0.317 e. The first-order chi connectivity index (χ1) is 7.61. The molecular weight excluding hydrogens is 204 g/mol. The molecule has 0 aromatic rings. The monoisotopic (exact) mass is 228 g/mol. The van der Waals surface area contributed by atoms with Gasteiger partial charge < -0.3 is 5.32 Å². The fourth-order valence-corrected chi connectivity index (χ4v) is 1.98. The van der Waals surface area contributed by atoms with Crippen molar-refractivity contribution in [1.29, 1.82) is 0 Å². The Bertz CT molecular complexity index is 211. The third kappa shape index (κ3) is 4.49. The highest BCUT2D eigenvalue weighted by Crippen LogP contribution is 2.14. The van der Waals surface area contributed by atoms with E-state index in [2.05, 4.69) is 19.2 Å². The van der Waals surface area contributed by atoms with E-state index < -0.39 is 0 Å². The minimum atomic E-state index is -0.124. The Kier molecular flexibility index (Phi) is 5.77. The molecule has 1 rings (SSSR count). The first-order valence-electron chi connectivity index (χ1n) is 6.33. The molecule has 4 nitrogen and oxygen atoms in total. The minimum Gasteiger partial charge on any atom is -0.317 e. The van der Waals surface area contributed by atoms with E-state index in [1.54, 1.807) is 0 Å². The molecule has 0 spiro atoms. The zero-order valence-corrected chi connectivity index (χ0v) is 10.4. The van der Waals surface area contributed by atoms with Crippen LogP contribution in [0.5, 0.6) is 0 Å². The molecule has 0 aromatic heterocycles. The molecule has 16 heavy (non-hydrogen) atoms. The lowest BCUT2D eigenvalue weighted by molar-refractivity contribution is -0.177. The molecule has 1 aliphatic heterocycles. The summed E-state index contributed by atoms with van der Waals surface area (Å²) in [7, 11) is 0. The van der Waals surface area contributed by atoms with Crippen LogP contribution < -0.4 is 5.32 Å². The van der Waals surface area contributed by atoms with E-state index in [0.717, 1.165) is 43.8 Å². The van der Waals surface area contributed by atoms with Gasteiger partial charge in [0, 0.05) is 6.42 Å². The van der Waals surface area contributed by atoms with Gasteiger partial charge in [0.25, 0.3) is 0 Å². The number of carbonyl (C=O) groups excluding carboxylic acids is 1. The predicted octanol–water partition coefficient (Wildman–Crippen LogP) is 1.78. The third-order valence-electron chi connectivity index (χ3n) is 3.08. The van der Waals surface area contributed by atoms with Crippen LogP contribution in [0.15, 0.2) is 0 Å². The molecule has 1 saturated heterocycles. The van der Waals surface area contributed by atoms with Crippen LogP contribution in [0.1, 0.15) is 46.0 Å². The van der Waals surface area contributed by atoms with Crippen molar-refractivity contribution in [3.63, 3.8) is 0 Å². The van der Waals surface area contributed by atoms with Crippen molar-refractivity contribution in [3.05, 3.63) is 0 Å². The van der Waals surface area contributed by atoms with Crippen LogP contribution in [0.2, 0.25) is 0 Å². The topological polar surface area (TPSA) is 52.6 Å². The molecule has 4 heteroatoms. The van der Waals surface area contributed by atoms with Crippen molar-refractivity contribution in [1.82, 2.24) is 10.4 Å². The Morgan fingerprint density at radius 2 is 2.19 bits per heavy atom. The lowest BCUT2D eigenvalue weighted by Crippen LogP contribution is -2.38. The summed E-state index contributed by atoms with van der Waals surface area (Å²) < 4.78 is 0. The maximum absolute atomic E-state index is 11.7. The van der Waals surface area contributed by atoms with Crippen LogP contribution in [0.25, 0.3) is 0 Å². The van der Waals surface area contributed by atoms with Crippen LogP contribution in [0.3, 0.4) is 0 Å². The molecule has 1 atom stereocenters. The SMILES string of the molecule is CC(C)CCC(=O)N(O)C1CCCNCC1. The molecule has 1 fully saturated rings. The van der Waals surface area contributed by atoms with Crippen LogP contribution in [-0.4, -0.2) is 35.3 Å². The average molecular weight is 228 g/mol. The van der Waals surface area contributed by atoms with Gasteiger partial charge in [-0.3, -0.25) is 10.0 Å². The molecule has 0 saturated carbocycles. The average Bonchev–Trinajstić information content (AvgIpc) is 2.53. The van der Waals surface area contributed by atoms with Crippen molar-refractivity contribution < 1.29 is 10.0 Å². The Labute approximate surface area is 98.0 Å². The van der Waals surface area contributed by atoms with Crippen molar-refractivity contribution >= 4 is 5.91 Å². The number of hydroxylamine groups is 2. The van der Waals surface area contributed by atoms with E-state index in [1.807, 2.05) is 0 Å². The van der Waals surface area contributed by atoms with E-state index in [-0.39, 0.29) is 11.9 Å². The quantitative estimate of drug-likeness (QED) is 0.569. The van der Waals surface area contributed by atoms with Crippen LogP contribution in [-0.2, 0) is 4.79 Å².